The van der Waals surface area contributed by atoms with E-state index in [1.165, 1.54) is 17.7 Å². The molecule has 21 heavy (non-hydrogen) atoms. The Hall–Kier alpha value is -2.04. The SMILES string of the molecule is CCCCCCNC(=O)CN1C(=O)COc2ccccc21. The van der Waals surface area contributed by atoms with Crippen LogP contribution in [0.4, 0.5) is 5.69 Å². The van der Waals surface area contributed by atoms with Gasteiger partial charge in [0.2, 0.25) is 5.91 Å². The molecule has 1 N–H and O–H groups in total. The Morgan fingerprint density at radius 3 is 2.90 bits per heavy atom. The van der Waals surface area contributed by atoms with Crippen molar-refractivity contribution >= 4 is 17.5 Å². The second-order valence-corrected chi connectivity index (χ2v) is 5.15. The van der Waals surface area contributed by atoms with Crippen molar-refractivity contribution in [2.24, 2.45) is 0 Å². The van der Waals surface area contributed by atoms with Gasteiger partial charge < -0.3 is 10.1 Å². The Balaban J connectivity index is 1.87. The van der Waals surface area contributed by atoms with Gasteiger partial charge in [-0.25, -0.2) is 0 Å². The summed E-state index contributed by atoms with van der Waals surface area (Å²) in [6.07, 6.45) is 4.46. The van der Waals surface area contributed by atoms with Crippen molar-refractivity contribution in [2.45, 2.75) is 32.6 Å². The zero-order valence-electron chi connectivity index (χ0n) is 12.4. The van der Waals surface area contributed by atoms with Crippen LogP contribution in [0.5, 0.6) is 5.75 Å². The number of para-hydroxylation sites is 2. The Bertz CT molecular complexity index is 502. The van der Waals surface area contributed by atoms with Gasteiger partial charge in [-0.3, -0.25) is 14.5 Å². The standard InChI is InChI=1S/C16H22N2O3/c1-2-3-4-7-10-17-15(19)11-18-13-8-5-6-9-14(13)21-12-16(18)20/h5-6,8-9H,2-4,7,10-12H2,1H3,(H,17,19). The molecular formula is C16H22N2O3. The molecule has 114 valence electrons. The lowest BCUT2D eigenvalue weighted by molar-refractivity contribution is -0.125. The molecule has 0 saturated heterocycles. The smallest absolute Gasteiger partial charge is 0.265 e. The highest BCUT2D eigenvalue weighted by atomic mass is 16.5. The summed E-state index contributed by atoms with van der Waals surface area (Å²) >= 11 is 0. The van der Waals surface area contributed by atoms with Crippen LogP contribution in [0.2, 0.25) is 0 Å². The maximum Gasteiger partial charge on any atom is 0.265 e. The third-order valence-corrected chi connectivity index (χ3v) is 3.46. The number of carbonyl (C=O) groups is 2. The van der Waals surface area contributed by atoms with Gasteiger partial charge in [0.15, 0.2) is 6.61 Å². The number of amides is 2. The summed E-state index contributed by atoms with van der Waals surface area (Å²) in [6, 6.07) is 7.27. The zero-order valence-corrected chi connectivity index (χ0v) is 12.4. The minimum Gasteiger partial charge on any atom is -0.482 e. The number of fused-ring (bicyclic) bond motifs is 1. The molecule has 0 radical (unpaired) electrons. The van der Waals surface area contributed by atoms with E-state index in [2.05, 4.69) is 12.2 Å². The van der Waals surface area contributed by atoms with Crippen LogP contribution in [0.15, 0.2) is 24.3 Å². The Kier molecular flexibility index (Phi) is 5.60. The van der Waals surface area contributed by atoms with Crippen LogP contribution in [0, 0.1) is 0 Å². The highest BCUT2D eigenvalue weighted by molar-refractivity contribution is 6.02. The zero-order chi connectivity index (χ0) is 15.1. The van der Waals surface area contributed by atoms with Gasteiger partial charge in [-0.05, 0) is 18.6 Å². The van der Waals surface area contributed by atoms with E-state index < -0.39 is 0 Å². The summed E-state index contributed by atoms with van der Waals surface area (Å²) < 4.78 is 5.35. The second kappa shape index (κ2) is 7.67. The molecule has 0 fully saturated rings. The van der Waals surface area contributed by atoms with Crippen molar-refractivity contribution in [2.75, 3.05) is 24.6 Å². The van der Waals surface area contributed by atoms with Crippen molar-refractivity contribution in [3.05, 3.63) is 24.3 Å². The van der Waals surface area contributed by atoms with E-state index in [4.69, 9.17) is 4.74 Å². The third kappa shape index (κ3) is 4.21. The van der Waals surface area contributed by atoms with Crippen LogP contribution in [0.1, 0.15) is 32.6 Å². The molecule has 0 bridgehead atoms. The number of anilines is 1. The molecule has 5 heteroatoms. The first-order valence-electron chi connectivity index (χ1n) is 7.51. The van der Waals surface area contributed by atoms with Gasteiger partial charge in [0.25, 0.3) is 5.91 Å². The minimum absolute atomic E-state index is 0.0131. The predicted octanol–water partition coefficient (Wildman–Crippen LogP) is 2.11. The first-order valence-corrected chi connectivity index (χ1v) is 7.51. The van der Waals surface area contributed by atoms with E-state index in [1.807, 2.05) is 12.1 Å². The lowest BCUT2D eigenvalue weighted by Crippen LogP contribution is -2.45. The van der Waals surface area contributed by atoms with E-state index in [1.54, 1.807) is 12.1 Å². The van der Waals surface area contributed by atoms with Crippen LogP contribution in [0.3, 0.4) is 0 Å². The molecule has 0 atom stereocenters. The van der Waals surface area contributed by atoms with Gasteiger partial charge in [0.1, 0.15) is 12.3 Å². The summed E-state index contributed by atoms with van der Waals surface area (Å²) in [4.78, 5) is 25.4. The molecule has 1 aromatic rings. The average molecular weight is 290 g/mol. The van der Waals surface area contributed by atoms with E-state index in [-0.39, 0.29) is 25.0 Å². The van der Waals surface area contributed by atoms with Gasteiger partial charge in [-0.2, -0.15) is 0 Å². The summed E-state index contributed by atoms with van der Waals surface area (Å²) in [5.74, 6) is 0.333. The number of hydrogen-bond acceptors (Lipinski definition) is 3. The molecule has 0 saturated carbocycles. The molecule has 1 heterocycles. The van der Waals surface area contributed by atoms with Crippen LogP contribution < -0.4 is 15.0 Å². The van der Waals surface area contributed by atoms with Gasteiger partial charge in [-0.1, -0.05) is 38.3 Å². The number of ether oxygens (including phenoxy) is 1. The van der Waals surface area contributed by atoms with Crippen molar-refractivity contribution in [3.63, 3.8) is 0 Å². The molecule has 0 aromatic heterocycles. The van der Waals surface area contributed by atoms with Crippen molar-refractivity contribution in [1.29, 1.82) is 0 Å². The fourth-order valence-corrected chi connectivity index (χ4v) is 2.31. The molecule has 2 rings (SSSR count). The number of nitrogens with zero attached hydrogens (tertiary/aromatic N) is 1. The lowest BCUT2D eigenvalue weighted by Gasteiger charge is -2.28. The van der Waals surface area contributed by atoms with Crippen molar-refractivity contribution in [3.8, 4) is 5.75 Å². The van der Waals surface area contributed by atoms with Gasteiger partial charge in [0.05, 0.1) is 5.69 Å². The Morgan fingerprint density at radius 1 is 1.29 bits per heavy atom. The van der Waals surface area contributed by atoms with Gasteiger partial charge in [-0.15, -0.1) is 0 Å². The highest BCUT2D eigenvalue weighted by Crippen LogP contribution is 2.31. The molecule has 5 nitrogen and oxygen atoms in total. The fourth-order valence-electron chi connectivity index (χ4n) is 2.31. The maximum absolute atomic E-state index is 12.0. The van der Waals surface area contributed by atoms with E-state index in [9.17, 15) is 9.59 Å². The normalized spacial score (nSPS) is 13.6. The molecule has 2 amide bonds. The first-order chi connectivity index (χ1) is 10.2. The molecule has 1 aromatic carbocycles. The molecule has 0 unspecified atom stereocenters. The van der Waals surface area contributed by atoms with Crippen molar-refractivity contribution < 1.29 is 14.3 Å². The topological polar surface area (TPSA) is 58.6 Å². The third-order valence-electron chi connectivity index (χ3n) is 3.46. The predicted molar refractivity (Wildman–Crippen MR) is 81.4 cm³/mol. The van der Waals surface area contributed by atoms with E-state index in [0.717, 1.165) is 12.8 Å². The largest absolute Gasteiger partial charge is 0.482 e. The number of carbonyl (C=O) groups excluding carboxylic acids is 2. The minimum atomic E-state index is -0.185. The summed E-state index contributed by atoms with van der Waals surface area (Å²) in [5, 5.41) is 2.87. The van der Waals surface area contributed by atoms with Crippen LogP contribution in [0.25, 0.3) is 0 Å². The Morgan fingerprint density at radius 2 is 2.10 bits per heavy atom. The average Bonchev–Trinajstić information content (AvgIpc) is 2.50. The fraction of sp³-hybridized carbons (Fsp3) is 0.500. The number of unbranched alkanes of at least 4 members (excludes halogenated alkanes) is 3. The van der Waals surface area contributed by atoms with Gasteiger partial charge in [0, 0.05) is 6.54 Å². The van der Waals surface area contributed by atoms with Gasteiger partial charge >= 0.3 is 0 Å². The van der Waals surface area contributed by atoms with Crippen molar-refractivity contribution in [1.82, 2.24) is 5.32 Å². The number of hydrogen-bond donors (Lipinski definition) is 1. The second-order valence-electron chi connectivity index (χ2n) is 5.15. The van der Waals surface area contributed by atoms with Crippen LogP contribution >= 0.6 is 0 Å². The number of rotatable bonds is 7. The number of benzene rings is 1. The molecule has 0 aliphatic carbocycles. The monoisotopic (exact) mass is 290 g/mol. The molecule has 1 aliphatic heterocycles. The molecule has 1 aliphatic rings. The molecular weight excluding hydrogens is 268 g/mol. The van der Waals surface area contributed by atoms with Crippen LogP contribution in [-0.4, -0.2) is 31.5 Å². The number of nitrogens with one attached hydrogen (secondary N) is 1. The van der Waals surface area contributed by atoms with E-state index in [0.29, 0.717) is 18.0 Å². The summed E-state index contributed by atoms with van der Waals surface area (Å²) in [5.41, 5.74) is 0.662. The first kappa shape index (κ1) is 15.4. The molecule has 0 spiro atoms. The summed E-state index contributed by atoms with van der Waals surface area (Å²) in [7, 11) is 0. The highest BCUT2D eigenvalue weighted by Gasteiger charge is 2.26. The lowest BCUT2D eigenvalue weighted by atomic mass is 10.2. The van der Waals surface area contributed by atoms with Crippen LogP contribution in [-0.2, 0) is 9.59 Å². The summed E-state index contributed by atoms with van der Waals surface area (Å²) in [6.45, 7) is 2.85. The quantitative estimate of drug-likeness (QED) is 0.782. The Labute approximate surface area is 125 Å². The maximum atomic E-state index is 12.0. The van der Waals surface area contributed by atoms with E-state index >= 15 is 0 Å².